The molecule has 3 nitrogen and oxygen atoms in total. The van der Waals surface area contributed by atoms with E-state index in [1.807, 2.05) is 0 Å². The summed E-state index contributed by atoms with van der Waals surface area (Å²) in [6.07, 6.45) is 11.8. The van der Waals surface area contributed by atoms with Gasteiger partial charge in [-0.3, -0.25) is 4.90 Å². The molecule has 1 N–H and O–H groups in total. The second-order valence-electron chi connectivity index (χ2n) is 6.63. The van der Waals surface area contributed by atoms with Crippen LogP contribution in [0.2, 0.25) is 0 Å². The van der Waals surface area contributed by atoms with E-state index in [4.69, 9.17) is 4.74 Å². The minimum atomic E-state index is 0.490. The van der Waals surface area contributed by atoms with E-state index in [2.05, 4.69) is 10.2 Å². The molecule has 2 saturated heterocycles. The third-order valence-electron chi connectivity index (χ3n) is 5.33. The molecule has 0 bridgehead atoms. The lowest BCUT2D eigenvalue weighted by atomic mass is 9.96. The fourth-order valence-electron chi connectivity index (χ4n) is 4.30. The Morgan fingerprint density at radius 2 is 1.89 bits per heavy atom. The molecule has 110 valence electrons. The van der Waals surface area contributed by atoms with Gasteiger partial charge in [0.1, 0.15) is 0 Å². The summed E-state index contributed by atoms with van der Waals surface area (Å²) in [6.45, 7) is 5.75. The van der Waals surface area contributed by atoms with Crippen molar-refractivity contribution in [3.63, 3.8) is 0 Å². The molecule has 3 aliphatic rings. The van der Waals surface area contributed by atoms with E-state index >= 15 is 0 Å². The maximum Gasteiger partial charge on any atom is 0.0700 e. The Bertz CT molecular complexity index is 259. The Morgan fingerprint density at radius 1 is 1.00 bits per heavy atom. The summed E-state index contributed by atoms with van der Waals surface area (Å²) in [4.78, 5) is 2.76. The lowest BCUT2D eigenvalue weighted by Gasteiger charge is -2.29. The van der Waals surface area contributed by atoms with Crippen molar-refractivity contribution < 1.29 is 4.74 Å². The molecule has 2 unspecified atom stereocenters. The normalized spacial score (nSPS) is 33.5. The summed E-state index contributed by atoms with van der Waals surface area (Å²) in [5, 5.41) is 3.60. The third kappa shape index (κ3) is 3.71. The van der Waals surface area contributed by atoms with Crippen LogP contribution in [0.3, 0.4) is 0 Å². The van der Waals surface area contributed by atoms with Gasteiger partial charge >= 0.3 is 0 Å². The molecule has 2 aliphatic heterocycles. The van der Waals surface area contributed by atoms with Gasteiger partial charge in [0, 0.05) is 32.3 Å². The average molecular weight is 266 g/mol. The largest absolute Gasteiger partial charge is 0.377 e. The number of nitrogens with one attached hydrogen (secondary N) is 1. The van der Waals surface area contributed by atoms with E-state index in [0.29, 0.717) is 6.10 Å². The standard InChI is InChI=1S/C16H30N2O/c1-2-6-14(5-1)16-8-3-10-18(16)11-9-17-13-15-7-4-12-19-15/h14-17H,1-13H2. The maximum absolute atomic E-state index is 5.65. The molecule has 3 fully saturated rings. The summed E-state index contributed by atoms with van der Waals surface area (Å²) in [6, 6.07) is 0.909. The number of rotatable bonds is 6. The molecule has 1 aliphatic carbocycles. The summed E-state index contributed by atoms with van der Waals surface area (Å²) < 4.78 is 5.65. The van der Waals surface area contributed by atoms with Gasteiger partial charge in [0.25, 0.3) is 0 Å². The van der Waals surface area contributed by atoms with Crippen LogP contribution in [0.1, 0.15) is 51.4 Å². The van der Waals surface area contributed by atoms with Crippen LogP contribution >= 0.6 is 0 Å². The number of ether oxygens (including phenoxy) is 1. The first-order valence-corrected chi connectivity index (χ1v) is 8.50. The second kappa shape index (κ2) is 7.05. The molecule has 0 aromatic rings. The van der Waals surface area contributed by atoms with Crippen LogP contribution in [-0.4, -0.2) is 49.8 Å². The summed E-state index contributed by atoms with van der Waals surface area (Å²) in [5.74, 6) is 1.01. The predicted molar refractivity (Wildman–Crippen MR) is 78.4 cm³/mol. The van der Waals surface area contributed by atoms with Gasteiger partial charge in [-0.1, -0.05) is 12.8 Å². The first-order valence-electron chi connectivity index (χ1n) is 8.50. The van der Waals surface area contributed by atoms with Gasteiger partial charge in [-0.15, -0.1) is 0 Å². The Labute approximate surface area is 118 Å². The van der Waals surface area contributed by atoms with Crippen molar-refractivity contribution in [3.8, 4) is 0 Å². The quantitative estimate of drug-likeness (QED) is 0.747. The smallest absolute Gasteiger partial charge is 0.0700 e. The van der Waals surface area contributed by atoms with Crippen molar-refractivity contribution in [3.05, 3.63) is 0 Å². The zero-order chi connectivity index (χ0) is 12.9. The second-order valence-corrected chi connectivity index (χ2v) is 6.63. The van der Waals surface area contributed by atoms with Crippen molar-refractivity contribution >= 4 is 0 Å². The van der Waals surface area contributed by atoms with Crippen molar-refractivity contribution in [1.29, 1.82) is 0 Å². The highest BCUT2D eigenvalue weighted by Crippen LogP contribution is 2.35. The molecule has 0 spiro atoms. The monoisotopic (exact) mass is 266 g/mol. The predicted octanol–water partition coefficient (Wildman–Crippen LogP) is 2.41. The van der Waals surface area contributed by atoms with E-state index in [1.54, 1.807) is 0 Å². The van der Waals surface area contributed by atoms with Crippen LogP contribution in [-0.2, 0) is 4.74 Å². The van der Waals surface area contributed by atoms with Crippen molar-refractivity contribution in [1.82, 2.24) is 10.2 Å². The van der Waals surface area contributed by atoms with E-state index in [-0.39, 0.29) is 0 Å². The van der Waals surface area contributed by atoms with Gasteiger partial charge in [-0.05, 0) is 51.0 Å². The lowest BCUT2D eigenvalue weighted by Crippen LogP contribution is -2.40. The highest BCUT2D eigenvalue weighted by molar-refractivity contribution is 4.87. The van der Waals surface area contributed by atoms with Gasteiger partial charge in [0.2, 0.25) is 0 Å². The molecule has 1 saturated carbocycles. The molecule has 0 aromatic carbocycles. The van der Waals surface area contributed by atoms with Crippen LogP contribution in [0.15, 0.2) is 0 Å². The van der Waals surface area contributed by atoms with Gasteiger partial charge < -0.3 is 10.1 Å². The molecule has 19 heavy (non-hydrogen) atoms. The van der Waals surface area contributed by atoms with Crippen LogP contribution in [0.5, 0.6) is 0 Å². The topological polar surface area (TPSA) is 24.5 Å². The zero-order valence-corrected chi connectivity index (χ0v) is 12.3. The highest BCUT2D eigenvalue weighted by Gasteiger charge is 2.32. The fraction of sp³-hybridized carbons (Fsp3) is 1.00. The number of hydrogen-bond donors (Lipinski definition) is 1. The number of hydrogen-bond acceptors (Lipinski definition) is 3. The van der Waals surface area contributed by atoms with Crippen LogP contribution < -0.4 is 5.32 Å². The fourth-order valence-corrected chi connectivity index (χ4v) is 4.30. The Morgan fingerprint density at radius 3 is 2.68 bits per heavy atom. The SMILES string of the molecule is C1COC(CNCCN2CCCC2C2CCCC2)C1. The maximum atomic E-state index is 5.65. The molecule has 3 heteroatoms. The van der Waals surface area contributed by atoms with Gasteiger partial charge in [0.15, 0.2) is 0 Å². The summed E-state index contributed by atoms with van der Waals surface area (Å²) >= 11 is 0. The van der Waals surface area contributed by atoms with E-state index in [0.717, 1.165) is 31.7 Å². The zero-order valence-electron chi connectivity index (χ0n) is 12.3. The Balaban J connectivity index is 1.34. The molecule has 2 heterocycles. The van der Waals surface area contributed by atoms with Crippen LogP contribution in [0.25, 0.3) is 0 Å². The van der Waals surface area contributed by atoms with Gasteiger partial charge in [-0.25, -0.2) is 0 Å². The average Bonchev–Trinajstić information content (AvgIpc) is 3.15. The van der Waals surface area contributed by atoms with Crippen molar-refractivity contribution in [2.75, 3.05) is 32.8 Å². The summed E-state index contributed by atoms with van der Waals surface area (Å²) in [7, 11) is 0. The lowest BCUT2D eigenvalue weighted by molar-refractivity contribution is 0.108. The Kier molecular flexibility index (Phi) is 5.14. The Hall–Kier alpha value is -0.120. The van der Waals surface area contributed by atoms with Crippen molar-refractivity contribution in [2.45, 2.75) is 63.5 Å². The first-order chi connectivity index (χ1) is 9.43. The third-order valence-corrected chi connectivity index (χ3v) is 5.33. The minimum Gasteiger partial charge on any atom is -0.377 e. The molecular formula is C16H30N2O. The number of likely N-dealkylation sites (tertiary alicyclic amines) is 1. The molecule has 3 rings (SSSR count). The van der Waals surface area contributed by atoms with E-state index in [9.17, 15) is 0 Å². The molecular weight excluding hydrogens is 236 g/mol. The summed E-state index contributed by atoms with van der Waals surface area (Å²) in [5.41, 5.74) is 0. The number of nitrogens with zero attached hydrogens (tertiary/aromatic N) is 1. The van der Waals surface area contributed by atoms with Crippen LogP contribution in [0, 0.1) is 5.92 Å². The first kappa shape index (κ1) is 13.8. The van der Waals surface area contributed by atoms with E-state index in [1.165, 1.54) is 64.5 Å². The van der Waals surface area contributed by atoms with Crippen molar-refractivity contribution in [2.24, 2.45) is 5.92 Å². The highest BCUT2D eigenvalue weighted by atomic mass is 16.5. The molecule has 2 atom stereocenters. The van der Waals surface area contributed by atoms with Crippen LogP contribution in [0.4, 0.5) is 0 Å². The van der Waals surface area contributed by atoms with E-state index < -0.39 is 0 Å². The van der Waals surface area contributed by atoms with Gasteiger partial charge in [0.05, 0.1) is 6.10 Å². The molecule has 0 amide bonds. The van der Waals surface area contributed by atoms with Gasteiger partial charge in [-0.2, -0.15) is 0 Å². The molecule has 0 aromatic heterocycles. The minimum absolute atomic E-state index is 0.490. The molecule has 0 radical (unpaired) electrons.